The number of ether oxygens (including phenoxy) is 5. The summed E-state index contributed by atoms with van der Waals surface area (Å²) < 4.78 is 29.1. The Balaban J connectivity index is 1.72. The molecule has 8 heteroatoms. The van der Waals surface area contributed by atoms with Crippen LogP contribution in [0.2, 0.25) is 0 Å². The molecule has 264 valence electrons. The minimum Gasteiger partial charge on any atom is -0.425 e. The number of hydrogen-bond acceptors (Lipinski definition) is 8. The van der Waals surface area contributed by atoms with Gasteiger partial charge in [0, 0.05) is 22.3 Å². The number of benzene rings is 4. The molecule has 1 aliphatic heterocycles. The molecule has 0 amide bonds. The molecule has 1 heterocycles. The number of carbonyl (C=O) groups excluding carboxylic acids is 3. The van der Waals surface area contributed by atoms with Gasteiger partial charge in [-0.25, -0.2) is 9.59 Å². The largest absolute Gasteiger partial charge is 0.425 e. The third kappa shape index (κ3) is 8.36. The molecule has 0 unspecified atom stereocenters. The van der Waals surface area contributed by atoms with Crippen molar-refractivity contribution in [3.05, 3.63) is 114 Å². The van der Waals surface area contributed by atoms with Crippen LogP contribution in [0.1, 0.15) is 51.3 Å². The van der Waals surface area contributed by atoms with Gasteiger partial charge in [0.25, 0.3) is 0 Å². The molecule has 0 radical (unpaired) electrons. The van der Waals surface area contributed by atoms with E-state index in [9.17, 15) is 14.4 Å². The van der Waals surface area contributed by atoms with Crippen molar-refractivity contribution in [2.24, 2.45) is 5.41 Å². The molecular formula is C43H44O8. The number of hydrogen-bond donors (Lipinski definition) is 0. The van der Waals surface area contributed by atoms with Crippen molar-refractivity contribution in [1.29, 1.82) is 0 Å². The van der Waals surface area contributed by atoms with Crippen LogP contribution in [0.5, 0.6) is 17.2 Å². The first kappa shape index (κ1) is 37.0. The lowest BCUT2D eigenvalue weighted by molar-refractivity contribution is -0.279. The van der Waals surface area contributed by atoms with Gasteiger partial charge in [0.1, 0.15) is 22.7 Å². The van der Waals surface area contributed by atoms with E-state index in [1.165, 1.54) is 0 Å². The van der Waals surface area contributed by atoms with Crippen LogP contribution in [-0.4, -0.2) is 36.9 Å². The van der Waals surface area contributed by atoms with Crippen LogP contribution in [0.3, 0.4) is 0 Å². The number of aryl methyl sites for hydroxylation is 3. The van der Waals surface area contributed by atoms with Crippen molar-refractivity contribution in [3.8, 4) is 50.6 Å². The summed E-state index contributed by atoms with van der Waals surface area (Å²) in [5, 5.41) is 0. The SMILES string of the molecule is C=C(C)C(=O)Oc1ccc(-c2cc(-c3c(C)cc(C)cc3C)cc(-c3ccc(OC(=O)C(=C)C)cc3)c2OC(=O)C2(C)COC(C)(C)OC2)cc1. The molecule has 1 aliphatic rings. The van der Waals surface area contributed by atoms with E-state index in [4.69, 9.17) is 23.7 Å². The molecule has 0 aromatic heterocycles. The molecule has 5 rings (SSSR count). The van der Waals surface area contributed by atoms with Gasteiger partial charge in [-0.3, -0.25) is 4.79 Å². The Morgan fingerprint density at radius 1 is 0.627 bits per heavy atom. The van der Waals surface area contributed by atoms with E-state index < -0.39 is 29.1 Å². The highest BCUT2D eigenvalue weighted by molar-refractivity contribution is 5.93. The average molecular weight is 689 g/mol. The highest BCUT2D eigenvalue weighted by Crippen LogP contribution is 2.46. The second-order valence-electron chi connectivity index (χ2n) is 14.0. The third-order valence-electron chi connectivity index (χ3n) is 8.67. The molecule has 0 aliphatic carbocycles. The van der Waals surface area contributed by atoms with E-state index >= 15 is 0 Å². The van der Waals surface area contributed by atoms with E-state index in [0.29, 0.717) is 39.5 Å². The molecule has 4 aromatic carbocycles. The highest BCUT2D eigenvalue weighted by atomic mass is 16.7. The fourth-order valence-electron chi connectivity index (χ4n) is 5.82. The summed E-state index contributed by atoms with van der Waals surface area (Å²) >= 11 is 0. The zero-order valence-electron chi connectivity index (χ0n) is 30.5. The fourth-order valence-corrected chi connectivity index (χ4v) is 5.82. The van der Waals surface area contributed by atoms with Crippen molar-refractivity contribution in [1.82, 2.24) is 0 Å². The summed E-state index contributed by atoms with van der Waals surface area (Å²) in [6.07, 6.45) is 0. The van der Waals surface area contributed by atoms with E-state index in [1.54, 1.807) is 58.9 Å². The van der Waals surface area contributed by atoms with Crippen LogP contribution in [-0.2, 0) is 23.9 Å². The fraction of sp³-hybridized carbons (Fsp3) is 0.279. The second-order valence-corrected chi connectivity index (χ2v) is 14.0. The van der Waals surface area contributed by atoms with E-state index in [0.717, 1.165) is 27.8 Å². The average Bonchev–Trinajstić information content (AvgIpc) is 3.06. The Labute approximate surface area is 299 Å². The topological polar surface area (TPSA) is 97.4 Å². The van der Waals surface area contributed by atoms with Crippen molar-refractivity contribution >= 4 is 17.9 Å². The van der Waals surface area contributed by atoms with Crippen LogP contribution in [0.4, 0.5) is 0 Å². The van der Waals surface area contributed by atoms with Gasteiger partial charge in [-0.15, -0.1) is 0 Å². The summed E-state index contributed by atoms with van der Waals surface area (Å²) in [5.74, 6) is -1.40. The third-order valence-corrected chi connectivity index (χ3v) is 8.67. The molecule has 4 aromatic rings. The van der Waals surface area contributed by atoms with Crippen molar-refractivity contribution in [3.63, 3.8) is 0 Å². The molecule has 1 saturated heterocycles. The Morgan fingerprint density at radius 2 is 1.04 bits per heavy atom. The molecule has 0 saturated carbocycles. The normalized spacial score (nSPS) is 14.7. The zero-order valence-corrected chi connectivity index (χ0v) is 30.5. The molecule has 0 atom stereocenters. The first-order valence-corrected chi connectivity index (χ1v) is 16.7. The smallest absolute Gasteiger partial charge is 0.338 e. The van der Waals surface area contributed by atoms with Crippen molar-refractivity contribution in [2.75, 3.05) is 13.2 Å². The lowest BCUT2D eigenvalue weighted by Crippen LogP contribution is -2.50. The second kappa shape index (κ2) is 14.5. The summed E-state index contributed by atoms with van der Waals surface area (Å²) in [7, 11) is 0. The highest BCUT2D eigenvalue weighted by Gasteiger charge is 2.44. The van der Waals surface area contributed by atoms with Gasteiger partial charge >= 0.3 is 17.9 Å². The van der Waals surface area contributed by atoms with Crippen molar-refractivity contribution < 1.29 is 38.1 Å². The predicted molar refractivity (Wildman–Crippen MR) is 198 cm³/mol. The maximum Gasteiger partial charge on any atom is 0.338 e. The minimum absolute atomic E-state index is 0.106. The monoisotopic (exact) mass is 688 g/mol. The Morgan fingerprint density at radius 3 is 1.43 bits per heavy atom. The van der Waals surface area contributed by atoms with Gasteiger partial charge in [-0.1, -0.05) is 55.1 Å². The number of esters is 3. The quantitative estimate of drug-likeness (QED) is 0.0976. The maximum atomic E-state index is 14.1. The first-order chi connectivity index (χ1) is 24.0. The van der Waals surface area contributed by atoms with E-state index in [1.807, 2.05) is 36.4 Å². The van der Waals surface area contributed by atoms with Gasteiger partial charge in [-0.05, 0) is 125 Å². The maximum absolute atomic E-state index is 14.1. The molecule has 1 fully saturated rings. The Kier molecular flexibility index (Phi) is 10.5. The van der Waals surface area contributed by atoms with Gasteiger partial charge in [0.05, 0.1) is 13.2 Å². The van der Waals surface area contributed by atoms with Crippen LogP contribution >= 0.6 is 0 Å². The zero-order chi connectivity index (χ0) is 37.2. The van der Waals surface area contributed by atoms with E-state index in [2.05, 4.69) is 46.1 Å². The molecule has 8 nitrogen and oxygen atoms in total. The Bertz CT molecular complexity index is 1910. The van der Waals surface area contributed by atoms with Crippen LogP contribution in [0, 0.1) is 26.2 Å². The first-order valence-electron chi connectivity index (χ1n) is 16.7. The van der Waals surface area contributed by atoms with Crippen LogP contribution in [0.25, 0.3) is 33.4 Å². The molecule has 51 heavy (non-hydrogen) atoms. The standard InChI is InChI=1S/C43H44O8/c1-25(2)39(44)49-33-15-11-30(12-16-33)35-21-32(37-28(6)19-27(5)20-29(37)7)22-36(31-13-17-34(18-14-31)50-40(45)26(3)4)38(35)51-41(46)43(10)23-47-42(8,9)48-24-43/h11-22H,1,3,23-24H2,2,4-10H3. The summed E-state index contributed by atoms with van der Waals surface area (Å²) in [6.45, 7) is 22.3. The molecule has 0 spiro atoms. The lowest BCUT2D eigenvalue weighted by Gasteiger charge is -2.39. The van der Waals surface area contributed by atoms with Crippen LogP contribution < -0.4 is 14.2 Å². The predicted octanol–water partition coefficient (Wildman–Crippen LogP) is 9.27. The number of rotatable bonds is 9. The Hall–Kier alpha value is -5.31. The van der Waals surface area contributed by atoms with Gasteiger partial charge < -0.3 is 23.7 Å². The molecule has 0 N–H and O–H groups in total. The van der Waals surface area contributed by atoms with Gasteiger partial charge in [0.2, 0.25) is 0 Å². The summed E-state index contributed by atoms with van der Waals surface area (Å²) in [5.41, 5.74) is 7.44. The minimum atomic E-state index is -1.09. The lowest BCUT2D eigenvalue weighted by atomic mass is 9.87. The van der Waals surface area contributed by atoms with E-state index in [-0.39, 0.29) is 24.4 Å². The van der Waals surface area contributed by atoms with Crippen molar-refractivity contribution in [2.45, 2.75) is 61.2 Å². The van der Waals surface area contributed by atoms with Crippen LogP contribution in [0.15, 0.2) is 97.1 Å². The van der Waals surface area contributed by atoms with Gasteiger partial charge in [0.15, 0.2) is 5.79 Å². The van der Waals surface area contributed by atoms with Gasteiger partial charge in [-0.2, -0.15) is 0 Å². The number of carbonyl (C=O) groups is 3. The summed E-state index contributed by atoms with van der Waals surface area (Å²) in [6, 6.07) is 22.3. The molecular weight excluding hydrogens is 644 g/mol. The summed E-state index contributed by atoms with van der Waals surface area (Å²) in [4.78, 5) is 38.6. The molecule has 0 bridgehead atoms.